The van der Waals surface area contributed by atoms with Gasteiger partial charge in [0.15, 0.2) is 0 Å². The minimum atomic E-state index is -1.67. The fraction of sp³-hybridized carbons (Fsp3) is 0.143. The van der Waals surface area contributed by atoms with Gasteiger partial charge in [0.05, 0.1) is 9.85 Å². The number of hydrogen-bond donors (Lipinski definition) is 1. The molecule has 0 saturated heterocycles. The van der Waals surface area contributed by atoms with Gasteiger partial charge in [0.25, 0.3) is 0 Å². The Bertz CT molecular complexity index is 479. The van der Waals surface area contributed by atoms with Gasteiger partial charge >= 0.3 is 11.4 Å². The molecule has 0 saturated carbocycles. The Morgan fingerprint density at radius 3 is 1.65 bits per heavy atom. The molecule has 0 aliphatic rings. The molecular weight excluding hydrogens is 247 g/mol. The monoisotopic (exact) mass is 251 g/mol. The molecule has 0 spiro atoms. The predicted molar refractivity (Wildman–Crippen MR) is 49.1 cm³/mol. The Morgan fingerprint density at radius 2 is 1.41 bits per heavy atom. The molecule has 1 aromatic carbocycles. The number of anilines is 1. The van der Waals surface area contributed by atoms with E-state index in [9.17, 15) is 33.5 Å². The van der Waals surface area contributed by atoms with E-state index in [1.165, 1.54) is 0 Å². The van der Waals surface area contributed by atoms with E-state index in [1.54, 1.807) is 0 Å². The largest absolute Gasteiger partial charge is 0.337 e. The second-order valence-corrected chi connectivity index (χ2v) is 2.93. The smallest absolute Gasteiger partial charge is 0.258 e. The first kappa shape index (κ1) is 12.7. The van der Waals surface area contributed by atoms with Gasteiger partial charge in [0, 0.05) is 5.56 Å². The first-order valence-electron chi connectivity index (χ1n) is 3.99. The van der Waals surface area contributed by atoms with Crippen LogP contribution in [0.2, 0.25) is 0 Å². The third kappa shape index (κ3) is 1.84. The van der Waals surface area contributed by atoms with Gasteiger partial charge in [0.2, 0.25) is 17.3 Å². The molecule has 0 amide bonds. The van der Waals surface area contributed by atoms with Crippen molar-refractivity contribution in [3.8, 4) is 0 Å². The zero-order valence-corrected chi connectivity index (χ0v) is 8.16. The minimum Gasteiger partial charge on any atom is -0.258 e. The molecule has 0 aromatic heterocycles. The highest BCUT2D eigenvalue weighted by molar-refractivity contribution is 5.75. The average Bonchev–Trinajstić information content (AvgIpc) is 2.23. The van der Waals surface area contributed by atoms with Gasteiger partial charge in [-0.3, -0.25) is 20.2 Å². The fourth-order valence-corrected chi connectivity index (χ4v) is 1.22. The lowest BCUT2D eigenvalue weighted by Crippen LogP contribution is -2.07. The summed E-state index contributed by atoms with van der Waals surface area (Å²) >= 11 is 0. The third-order valence-corrected chi connectivity index (χ3v) is 2.01. The van der Waals surface area contributed by atoms with Crippen LogP contribution in [0.3, 0.4) is 0 Å². The molecule has 0 fully saturated rings. The van der Waals surface area contributed by atoms with Crippen molar-refractivity contribution in [3.63, 3.8) is 0 Å². The lowest BCUT2D eigenvalue weighted by atomic mass is 10.1. The van der Waals surface area contributed by atoms with Gasteiger partial charge in [-0.1, -0.05) is 0 Å². The number of hydrogen-bond acceptors (Lipinski definition) is 5. The summed E-state index contributed by atoms with van der Waals surface area (Å²) in [6.45, 7) is 0.771. The summed E-state index contributed by atoms with van der Waals surface area (Å²) in [5, 5.41) is 20.9. The highest BCUT2D eigenvalue weighted by atomic mass is 19.2. The molecule has 0 atom stereocenters. The van der Waals surface area contributed by atoms with Crippen molar-refractivity contribution >= 4 is 17.1 Å². The van der Waals surface area contributed by atoms with Crippen LogP contribution < -0.4 is 5.54 Å². The lowest BCUT2D eigenvalue weighted by Gasteiger charge is -2.05. The highest BCUT2D eigenvalue weighted by Crippen LogP contribution is 2.40. The van der Waals surface area contributed by atoms with E-state index < -0.39 is 44.1 Å². The Balaban J connectivity index is 3.85. The fourth-order valence-electron chi connectivity index (χ4n) is 1.22. The summed E-state index contributed by atoms with van der Waals surface area (Å²) in [6, 6.07) is 0. The summed E-state index contributed by atoms with van der Waals surface area (Å²) in [6.07, 6.45) is 0. The van der Waals surface area contributed by atoms with Crippen LogP contribution in [0.1, 0.15) is 5.56 Å². The molecule has 17 heavy (non-hydrogen) atoms. The zero-order valence-electron chi connectivity index (χ0n) is 8.16. The second-order valence-electron chi connectivity index (χ2n) is 2.93. The van der Waals surface area contributed by atoms with Crippen LogP contribution in [0, 0.1) is 38.8 Å². The molecule has 1 aromatic rings. The van der Waals surface area contributed by atoms with Gasteiger partial charge in [-0.15, -0.1) is 4.48 Å². The van der Waals surface area contributed by atoms with E-state index in [2.05, 4.69) is 0 Å². The molecule has 10 heteroatoms. The molecular formula is C7H4F3N3O4. The SMILES string of the molecule is Cc1c(F)c([N+](=O)[O-])c(NF)c([N+](=O)[O-])c1F. The normalized spacial score (nSPS) is 10.1. The molecule has 0 aliphatic carbocycles. The highest BCUT2D eigenvalue weighted by Gasteiger charge is 2.36. The van der Waals surface area contributed by atoms with Crippen molar-refractivity contribution in [1.82, 2.24) is 0 Å². The van der Waals surface area contributed by atoms with E-state index in [0.717, 1.165) is 6.92 Å². The number of nitro groups is 2. The van der Waals surface area contributed by atoms with Gasteiger partial charge in [-0.25, -0.2) is 5.54 Å². The number of nitrogens with zero attached hydrogens (tertiary/aromatic N) is 2. The van der Waals surface area contributed by atoms with Gasteiger partial charge in [-0.05, 0) is 6.92 Å². The van der Waals surface area contributed by atoms with Crippen molar-refractivity contribution in [3.05, 3.63) is 37.4 Å². The van der Waals surface area contributed by atoms with Crippen LogP contribution in [0.4, 0.5) is 30.3 Å². The number of benzene rings is 1. The zero-order chi connectivity index (χ0) is 13.3. The number of nitro benzene ring substituents is 2. The van der Waals surface area contributed by atoms with Crippen LogP contribution in [-0.4, -0.2) is 9.85 Å². The Kier molecular flexibility index (Phi) is 3.16. The first-order chi connectivity index (χ1) is 7.82. The Morgan fingerprint density at radius 1 is 1.06 bits per heavy atom. The van der Waals surface area contributed by atoms with Gasteiger partial charge < -0.3 is 0 Å². The molecule has 0 aliphatic heterocycles. The molecule has 1 N–H and O–H groups in total. The molecule has 92 valence electrons. The van der Waals surface area contributed by atoms with Gasteiger partial charge in [0.1, 0.15) is 0 Å². The quantitative estimate of drug-likeness (QED) is 0.505. The summed E-state index contributed by atoms with van der Waals surface area (Å²) in [4.78, 5) is 18.2. The molecule has 0 unspecified atom stereocenters. The van der Waals surface area contributed by atoms with E-state index in [4.69, 9.17) is 0 Å². The van der Waals surface area contributed by atoms with Crippen molar-refractivity contribution < 1.29 is 23.1 Å². The van der Waals surface area contributed by atoms with Gasteiger partial charge in [-0.2, -0.15) is 8.78 Å². The average molecular weight is 251 g/mol. The van der Waals surface area contributed by atoms with Crippen LogP contribution in [0.5, 0.6) is 0 Å². The maximum absolute atomic E-state index is 13.3. The maximum Gasteiger partial charge on any atom is 0.337 e. The van der Waals surface area contributed by atoms with E-state index >= 15 is 0 Å². The summed E-state index contributed by atoms with van der Waals surface area (Å²) in [5.74, 6) is -3.34. The summed E-state index contributed by atoms with van der Waals surface area (Å²) < 4.78 is 38.9. The standard InChI is InChI=1S/C7H4F3N3O4/c1-2-3(8)6(12(14)15)5(11-10)7(4(2)9)13(16)17/h11H,1H3. The number of nitrogens with one attached hydrogen (secondary N) is 1. The molecule has 1 rings (SSSR count). The first-order valence-corrected chi connectivity index (χ1v) is 3.99. The van der Waals surface area contributed by atoms with Crippen molar-refractivity contribution in [2.24, 2.45) is 0 Å². The van der Waals surface area contributed by atoms with Crippen molar-refractivity contribution in [1.29, 1.82) is 0 Å². The van der Waals surface area contributed by atoms with E-state index in [0.29, 0.717) is 5.54 Å². The Hall–Kier alpha value is -2.39. The predicted octanol–water partition coefficient (Wildman–Crippen LogP) is 2.39. The summed E-state index contributed by atoms with van der Waals surface area (Å²) in [7, 11) is 0. The van der Waals surface area contributed by atoms with E-state index in [-0.39, 0.29) is 0 Å². The molecule has 0 heterocycles. The van der Waals surface area contributed by atoms with Crippen LogP contribution in [0.25, 0.3) is 0 Å². The number of halogens is 3. The van der Waals surface area contributed by atoms with Crippen LogP contribution in [0.15, 0.2) is 0 Å². The third-order valence-electron chi connectivity index (χ3n) is 2.01. The van der Waals surface area contributed by atoms with E-state index in [1.807, 2.05) is 0 Å². The van der Waals surface area contributed by atoms with Crippen molar-refractivity contribution in [2.45, 2.75) is 6.92 Å². The molecule has 7 nitrogen and oxygen atoms in total. The molecule has 0 radical (unpaired) electrons. The minimum absolute atomic E-state index is 0.572. The molecule has 0 bridgehead atoms. The van der Waals surface area contributed by atoms with Crippen LogP contribution >= 0.6 is 0 Å². The van der Waals surface area contributed by atoms with Crippen LogP contribution in [-0.2, 0) is 0 Å². The number of rotatable bonds is 3. The second kappa shape index (κ2) is 4.23. The lowest BCUT2D eigenvalue weighted by molar-refractivity contribution is -0.395. The maximum atomic E-state index is 13.3. The topological polar surface area (TPSA) is 98.3 Å². The Labute approximate surface area is 91.1 Å². The van der Waals surface area contributed by atoms with Crippen molar-refractivity contribution in [2.75, 3.05) is 5.54 Å². The summed E-state index contributed by atoms with van der Waals surface area (Å²) in [5.41, 5.74) is -4.84.